The molecule has 2 aromatic carbocycles. The van der Waals surface area contributed by atoms with E-state index in [4.69, 9.17) is 9.72 Å². The van der Waals surface area contributed by atoms with Gasteiger partial charge in [0.2, 0.25) is 5.88 Å². The van der Waals surface area contributed by atoms with Crippen molar-refractivity contribution >= 4 is 0 Å². The zero-order valence-corrected chi connectivity index (χ0v) is 20.3. The Morgan fingerprint density at radius 3 is 2.49 bits per heavy atom. The largest absolute Gasteiger partial charge is 0.472 e. The molecule has 4 rings (SSSR count). The number of benzene rings is 2. The van der Waals surface area contributed by atoms with Crippen LogP contribution in [0.25, 0.3) is 16.9 Å². The van der Waals surface area contributed by atoms with Crippen molar-refractivity contribution in [2.75, 3.05) is 0 Å². The van der Waals surface area contributed by atoms with Gasteiger partial charge in [-0.3, -0.25) is 9.36 Å². The maximum Gasteiger partial charge on any atom is 0.264 e. The fourth-order valence-corrected chi connectivity index (χ4v) is 3.54. The van der Waals surface area contributed by atoms with Crippen LogP contribution in [0.5, 0.6) is 5.88 Å². The summed E-state index contributed by atoms with van der Waals surface area (Å²) < 4.78 is 34.1. The number of halogens is 2. The molecule has 0 spiro atoms. The van der Waals surface area contributed by atoms with E-state index < -0.39 is 11.6 Å². The molecule has 0 aliphatic carbocycles. The first-order valence-corrected chi connectivity index (χ1v) is 11.1. The molecule has 0 bridgehead atoms. The maximum absolute atomic E-state index is 13.9. The lowest BCUT2D eigenvalue weighted by Crippen LogP contribution is -2.23. The van der Waals surface area contributed by atoms with Crippen molar-refractivity contribution in [1.29, 1.82) is 0 Å². The van der Waals surface area contributed by atoms with Crippen LogP contribution in [0.2, 0.25) is 0 Å². The van der Waals surface area contributed by atoms with Crippen molar-refractivity contribution < 1.29 is 13.5 Å². The van der Waals surface area contributed by atoms with Gasteiger partial charge in [-0.1, -0.05) is 32.9 Å². The quantitative estimate of drug-likeness (QED) is 0.383. The van der Waals surface area contributed by atoms with Gasteiger partial charge in [0.15, 0.2) is 0 Å². The molecule has 0 N–H and O–H groups in total. The smallest absolute Gasteiger partial charge is 0.264 e. The van der Waals surface area contributed by atoms with E-state index in [0.717, 1.165) is 34.8 Å². The molecule has 0 amide bonds. The lowest BCUT2D eigenvalue weighted by Gasteiger charge is -2.17. The molecular weight excluding hydrogens is 450 g/mol. The van der Waals surface area contributed by atoms with Crippen LogP contribution in [0.4, 0.5) is 8.78 Å². The van der Waals surface area contributed by atoms with E-state index in [9.17, 15) is 13.6 Å². The fraction of sp³-hybridized carbons (Fsp3) is 0.259. The Kier molecular flexibility index (Phi) is 6.47. The molecule has 0 aliphatic rings. The van der Waals surface area contributed by atoms with Crippen molar-refractivity contribution in [3.05, 3.63) is 99.5 Å². The average molecular weight is 477 g/mol. The molecule has 0 fully saturated rings. The van der Waals surface area contributed by atoms with Gasteiger partial charge in [0.1, 0.15) is 30.4 Å². The molecule has 0 atom stereocenters. The highest BCUT2D eigenvalue weighted by Crippen LogP contribution is 2.26. The Labute approximate surface area is 202 Å². The molecular formula is C27H26F2N4O2. The predicted octanol–water partition coefficient (Wildman–Crippen LogP) is 5.46. The Balaban J connectivity index is 1.67. The van der Waals surface area contributed by atoms with Gasteiger partial charge in [-0.2, -0.15) is 0 Å². The summed E-state index contributed by atoms with van der Waals surface area (Å²) in [6.45, 7) is 9.48. The molecule has 2 heterocycles. The van der Waals surface area contributed by atoms with Crippen molar-refractivity contribution in [1.82, 2.24) is 19.5 Å². The number of hydrogen-bond donors (Lipinski definition) is 0. The van der Waals surface area contributed by atoms with Gasteiger partial charge in [0.25, 0.3) is 5.56 Å². The normalized spacial score (nSPS) is 11.5. The molecule has 2 aromatic heterocycles. The van der Waals surface area contributed by atoms with Crippen LogP contribution in [0.1, 0.15) is 43.3 Å². The van der Waals surface area contributed by atoms with Gasteiger partial charge in [0.05, 0.1) is 16.9 Å². The minimum absolute atomic E-state index is 0.0920. The van der Waals surface area contributed by atoms with Crippen LogP contribution in [0.15, 0.2) is 59.8 Å². The summed E-state index contributed by atoms with van der Waals surface area (Å²) in [5, 5.41) is 0. The van der Waals surface area contributed by atoms with E-state index in [0.29, 0.717) is 5.69 Å². The third kappa shape index (κ3) is 5.11. The van der Waals surface area contributed by atoms with Crippen molar-refractivity contribution in [3.8, 4) is 22.8 Å². The molecule has 0 aliphatic heterocycles. The van der Waals surface area contributed by atoms with Gasteiger partial charge in [-0.05, 0) is 43.7 Å². The van der Waals surface area contributed by atoms with E-state index in [2.05, 4.69) is 30.7 Å². The number of nitrogens with zero attached hydrogens (tertiary/aromatic N) is 4. The zero-order chi connectivity index (χ0) is 25.3. The molecule has 8 heteroatoms. The van der Waals surface area contributed by atoms with Gasteiger partial charge in [-0.25, -0.2) is 23.7 Å². The fourth-order valence-electron chi connectivity index (χ4n) is 3.54. The highest BCUT2D eigenvalue weighted by molar-refractivity contribution is 5.64. The van der Waals surface area contributed by atoms with Crippen molar-refractivity contribution in [3.63, 3.8) is 0 Å². The number of aryl methyl sites for hydroxylation is 1. The zero-order valence-electron chi connectivity index (χ0n) is 20.3. The SMILES string of the molecule is Cc1ccc(-c2ccnc(C(C)(C)C)n2)cc1-n1cnc(OCc2ccc(F)cc2F)c(C)c1=O. The second-order valence-electron chi connectivity index (χ2n) is 9.39. The molecule has 0 radical (unpaired) electrons. The Morgan fingerprint density at radius 2 is 1.77 bits per heavy atom. The molecule has 35 heavy (non-hydrogen) atoms. The summed E-state index contributed by atoms with van der Waals surface area (Å²) in [7, 11) is 0. The Hall–Kier alpha value is -3.94. The van der Waals surface area contributed by atoms with Crippen molar-refractivity contribution in [2.24, 2.45) is 0 Å². The van der Waals surface area contributed by atoms with Crippen LogP contribution >= 0.6 is 0 Å². The summed E-state index contributed by atoms with van der Waals surface area (Å²) >= 11 is 0. The van der Waals surface area contributed by atoms with Gasteiger partial charge in [-0.15, -0.1) is 0 Å². The third-order valence-corrected chi connectivity index (χ3v) is 5.62. The highest BCUT2D eigenvalue weighted by atomic mass is 19.1. The van der Waals surface area contributed by atoms with E-state index >= 15 is 0 Å². The summed E-state index contributed by atoms with van der Waals surface area (Å²) in [4.78, 5) is 26.6. The summed E-state index contributed by atoms with van der Waals surface area (Å²) in [5.41, 5.74) is 3.07. The standard InChI is InChI=1S/C27H26F2N4O2/c1-16-6-7-18(22-10-11-30-26(32-22)27(3,4)5)12-23(16)33-15-31-24(17(2)25(33)34)35-14-19-8-9-20(28)13-21(19)29/h6-13,15H,14H2,1-5H3. The minimum atomic E-state index is -0.720. The Morgan fingerprint density at radius 1 is 1.00 bits per heavy atom. The highest BCUT2D eigenvalue weighted by Gasteiger charge is 2.18. The van der Waals surface area contributed by atoms with Crippen molar-refractivity contribution in [2.45, 2.75) is 46.6 Å². The summed E-state index contributed by atoms with van der Waals surface area (Å²) in [5.74, 6) is -0.569. The third-order valence-electron chi connectivity index (χ3n) is 5.62. The first-order chi connectivity index (χ1) is 16.5. The molecule has 0 saturated heterocycles. The first-order valence-electron chi connectivity index (χ1n) is 11.1. The summed E-state index contributed by atoms with van der Waals surface area (Å²) in [6.07, 6.45) is 3.12. The monoisotopic (exact) mass is 476 g/mol. The molecule has 0 saturated carbocycles. The Bertz CT molecular complexity index is 1460. The maximum atomic E-state index is 13.9. The van der Waals surface area contributed by atoms with Crippen LogP contribution in [0.3, 0.4) is 0 Å². The van der Waals surface area contributed by atoms with E-state index in [1.165, 1.54) is 17.0 Å². The minimum Gasteiger partial charge on any atom is -0.472 e. The van der Waals surface area contributed by atoms with Gasteiger partial charge < -0.3 is 4.74 Å². The first kappa shape index (κ1) is 24.2. The lowest BCUT2D eigenvalue weighted by molar-refractivity contribution is 0.284. The van der Waals surface area contributed by atoms with Gasteiger partial charge >= 0.3 is 0 Å². The summed E-state index contributed by atoms with van der Waals surface area (Å²) in [6, 6.07) is 10.8. The number of aromatic nitrogens is 4. The van der Waals surface area contributed by atoms with Crippen LogP contribution in [-0.2, 0) is 12.0 Å². The average Bonchev–Trinajstić information content (AvgIpc) is 2.81. The van der Waals surface area contributed by atoms with Gasteiger partial charge in [0, 0.05) is 28.8 Å². The van der Waals surface area contributed by atoms with E-state index in [-0.39, 0.29) is 34.6 Å². The van der Waals surface area contributed by atoms with Crippen LogP contribution < -0.4 is 10.3 Å². The molecule has 6 nitrogen and oxygen atoms in total. The second-order valence-corrected chi connectivity index (χ2v) is 9.39. The lowest BCUT2D eigenvalue weighted by atomic mass is 9.95. The number of ether oxygens (including phenoxy) is 1. The van der Waals surface area contributed by atoms with Crippen LogP contribution in [-0.4, -0.2) is 19.5 Å². The predicted molar refractivity (Wildman–Crippen MR) is 130 cm³/mol. The second kappa shape index (κ2) is 9.37. The molecule has 4 aromatic rings. The van der Waals surface area contributed by atoms with Crippen LogP contribution in [0, 0.1) is 25.5 Å². The molecule has 180 valence electrons. The molecule has 0 unspecified atom stereocenters. The van der Waals surface area contributed by atoms with E-state index in [1.807, 2.05) is 31.2 Å². The topological polar surface area (TPSA) is 69.9 Å². The number of hydrogen-bond acceptors (Lipinski definition) is 5. The van der Waals surface area contributed by atoms with E-state index in [1.54, 1.807) is 13.1 Å². The number of rotatable bonds is 5.